The standard InChI is InChI=1S/C24H26N8O9S2/c1-11-18(22(34)32(11)43(37,38)39)30-21(33)19(16-10-42-24(25)29-16)31-41-17(23(35)36)9-40-14-2-3-15-12(6-14)4-5-27-20(15)28-13-7-26-8-13/h2-6,10-11,13,17-18,26H,7-9H2,1H3,(H2,25,29)(H,27,28)(H,30,33)(H,35,36)(H,37,38,39)/b31-19-/t11?,17?,18-/m0/s1. The summed E-state index contributed by atoms with van der Waals surface area (Å²) in [7, 11) is -4.82. The third kappa shape index (κ3) is 6.43. The molecule has 43 heavy (non-hydrogen) atoms. The van der Waals surface area contributed by atoms with Crippen LogP contribution in [-0.2, 0) is 29.5 Å². The largest absolute Gasteiger partial charge is 0.489 e. The lowest BCUT2D eigenvalue weighted by atomic mass is 10.0. The molecule has 7 N–H and O–H groups in total. The number of carboxylic acid groups (broad SMARTS) is 1. The highest BCUT2D eigenvalue weighted by Crippen LogP contribution is 2.27. The van der Waals surface area contributed by atoms with Gasteiger partial charge in [0.1, 0.15) is 29.9 Å². The molecule has 2 aliphatic heterocycles. The number of benzene rings is 1. The number of carbonyl (C=O) groups excluding carboxylic acids is 2. The molecule has 4 heterocycles. The average molecular weight is 635 g/mol. The van der Waals surface area contributed by atoms with Gasteiger partial charge < -0.3 is 36.4 Å². The van der Waals surface area contributed by atoms with E-state index in [9.17, 15) is 32.5 Å². The lowest BCUT2D eigenvalue weighted by molar-refractivity contribution is -0.152. The Morgan fingerprint density at radius 2 is 2.09 bits per heavy atom. The number of carbonyl (C=O) groups is 3. The molecule has 0 aliphatic carbocycles. The Morgan fingerprint density at radius 1 is 1.33 bits per heavy atom. The van der Waals surface area contributed by atoms with Crippen molar-refractivity contribution in [3.8, 4) is 5.75 Å². The van der Waals surface area contributed by atoms with Gasteiger partial charge in [-0.1, -0.05) is 5.16 Å². The van der Waals surface area contributed by atoms with Gasteiger partial charge >= 0.3 is 16.3 Å². The fourth-order valence-corrected chi connectivity index (χ4v) is 5.72. The third-order valence-electron chi connectivity index (χ3n) is 6.66. The van der Waals surface area contributed by atoms with Crippen LogP contribution >= 0.6 is 11.3 Å². The molecule has 0 bridgehead atoms. The predicted octanol–water partition coefficient (Wildman–Crippen LogP) is -0.572. The first-order chi connectivity index (χ1) is 20.4. The molecule has 3 aromatic rings. The van der Waals surface area contributed by atoms with Crippen molar-refractivity contribution in [2.24, 2.45) is 5.16 Å². The number of aromatic nitrogens is 2. The van der Waals surface area contributed by atoms with Gasteiger partial charge in [-0.15, -0.1) is 11.3 Å². The number of ether oxygens (including phenoxy) is 1. The molecule has 0 radical (unpaired) electrons. The Morgan fingerprint density at radius 3 is 2.70 bits per heavy atom. The summed E-state index contributed by atoms with van der Waals surface area (Å²) in [6.45, 7) is 2.46. The number of nitrogens with zero attached hydrogens (tertiary/aromatic N) is 4. The monoisotopic (exact) mass is 634 g/mol. The van der Waals surface area contributed by atoms with Gasteiger partial charge in [0.25, 0.3) is 17.9 Å². The quantitative estimate of drug-likeness (QED) is 0.0632. The molecule has 5 rings (SSSR count). The number of thiazole rings is 1. The first kappa shape index (κ1) is 29.9. The SMILES string of the molecule is CC1[C@H](NC(=O)/C(=N\OC(COc2ccc3c(NC4CNC4)nccc3c2)C(=O)O)c2csc(N)n2)C(=O)N1S(=O)(=O)O. The van der Waals surface area contributed by atoms with Crippen molar-refractivity contribution in [1.29, 1.82) is 0 Å². The number of rotatable bonds is 12. The molecular formula is C24H26N8O9S2. The lowest BCUT2D eigenvalue weighted by Crippen LogP contribution is -2.71. The number of pyridine rings is 1. The number of fused-ring (bicyclic) bond motifs is 1. The summed E-state index contributed by atoms with van der Waals surface area (Å²) in [5, 5.41) is 25.3. The Bertz CT molecular complexity index is 1710. The molecule has 2 amide bonds. The summed E-state index contributed by atoms with van der Waals surface area (Å²) < 4.78 is 37.8. The lowest BCUT2D eigenvalue weighted by Gasteiger charge is -2.42. The molecule has 0 saturated carbocycles. The van der Waals surface area contributed by atoms with E-state index >= 15 is 0 Å². The van der Waals surface area contributed by atoms with Crippen molar-refractivity contribution in [2.75, 3.05) is 30.7 Å². The molecule has 19 heteroatoms. The van der Waals surface area contributed by atoms with Gasteiger partial charge in [0, 0.05) is 30.1 Å². The van der Waals surface area contributed by atoms with Crippen LogP contribution in [0.1, 0.15) is 12.6 Å². The first-order valence-corrected chi connectivity index (χ1v) is 15.0. The van der Waals surface area contributed by atoms with E-state index in [0.29, 0.717) is 11.6 Å². The van der Waals surface area contributed by atoms with Crippen LogP contribution in [0.15, 0.2) is 41.0 Å². The van der Waals surface area contributed by atoms with Crippen molar-refractivity contribution in [3.05, 3.63) is 41.5 Å². The van der Waals surface area contributed by atoms with E-state index < -0.39 is 58.6 Å². The van der Waals surface area contributed by atoms with Crippen molar-refractivity contribution >= 4 is 66.9 Å². The second-order valence-corrected chi connectivity index (χ2v) is 11.8. The summed E-state index contributed by atoms with van der Waals surface area (Å²) in [6.07, 6.45) is -0.0245. The second-order valence-electron chi connectivity index (χ2n) is 9.60. The number of β-lactam (4-membered cyclic amide) rings is 1. The number of anilines is 2. The maximum absolute atomic E-state index is 13.0. The van der Waals surface area contributed by atoms with Crippen molar-refractivity contribution < 1.29 is 42.0 Å². The molecule has 228 valence electrons. The van der Waals surface area contributed by atoms with E-state index in [2.05, 4.69) is 31.1 Å². The Balaban J connectivity index is 1.29. The first-order valence-electron chi connectivity index (χ1n) is 12.7. The maximum atomic E-state index is 13.0. The maximum Gasteiger partial charge on any atom is 0.362 e. The zero-order valence-electron chi connectivity index (χ0n) is 22.3. The molecule has 2 aliphatic rings. The average Bonchev–Trinajstić information content (AvgIpc) is 3.35. The van der Waals surface area contributed by atoms with Crippen LogP contribution in [0, 0.1) is 0 Å². The van der Waals surface area contributed by atoms with Crippen LogP contribution < -0.4 is 26.4 Å². The van der Waals surface area contributed by atoms with Crippen molar-refractivity contribution in [1.82, 2.24) is 24.9 Å². The van der Waals surface area contributed by atoms with E-state index in [1.807, 2.05) is 0 Å². The minimum Gasteiger partial charge on any atom is -0.489 e. The van der Waals surface area contributed by atoms with E-state index in [1.54, 1.807) is 30.5 Å². The fourth-order valence-electron chi connectivity index (χ4n) is 4.29. The van der Waals surface area contributed by atoms with E-state index in [0.717, 1.165) is 35.2 Å². The highest BCUT2D eigenvalue weighted by atomic mass is 32.2. The molecule has 2 saturated heterocycles. The summed E-state index contributed by atoms with van der Waals surface area (Å²) in [6, 6.07) is 4.80. The number of amides is 2. The van der Waals surface area contributed by atoms with Crippen LogP contribution in [0.25, 0.3) is 10.8 Å². The zero-order chi connectivity index (χ0) is 30.9. The molecule has 17 nitrogen and oxygen atoms in total. The Hall–Kier alpha value is -4.59. The van der Waals surface area contributed by atoms with Gasteiger partial charge in [0.05, 0.1) is 12.1 Å². The number of oxime groups is 1. The molecule has 3 atom stereocenters. The summed E-state index contributed by atoms with van der Waals surface area (Å²) in [4.78, 5) is 50.7. The van der Waals surface area contributed by atoms with Gasteiger partial charge in [0.15, 0.2) is 10.8 Å². The Labute approximate surface area is 247 Å². The molecule has 1 aromatic carbocycles. The number of nitrogen functional groups attached to an aromatic ring is 1. The van der Waals surface area contributed by atoms with Crippen LogP contribution in [0.3, 0.4) is 0 Å². The fraction of sp³-hybridized carbons (Fsp3) is 0.333. The molecule has 2 fully saturated rings. The number of carboxylic acids is 1. The smallest absolute Gasteiger partial charge is 0.362 e. The number of aliphatic carboxylic acids is 1. The molecular weight excluding hydrogens is 608 g/mol. The molecule has 2 aromatic heterocycles. The minimum atomic E-state index is -4.82. The van der Waals surface area contributed by atoms with Gasteiger partial charge in [-0.3, -0.25) is 14.1 Å². The van der Waals surface area contributed by atoms with E-state index in [1.165, 1.54) is 12.3 Å². The van der Waals surface area contributed by atoms with Gasteiger partial charge in [-0.05, 0) is 36.6 Å². The van der Waals surface area contributed by atoms with Gasteiger partial charge in [-0.2, -0.15) is 8.42 Å². The van der Waals surface area contributed by atoms with Crippen molar-refractivity contribution in [3.63, 3.8) is 0 Å². The number of nitrogens with two attached hydrogens (primary N) is 1. The normalized spacial score (nSPS) is 19.7. The van der Waals surface area contributed by atoms with Crippen LogP contribution in [-0.4, -0.2) is 99.8 Å². The number of hydrogen-bond donors (Lipinski definition) is 6. The summed E-state index contributed by atoms with van der Waals surface area (Å²) in [5.74, 6) is -2.49. The highest BCUT2D eigenvalue weighted by Gasteiger charge is 2.51. The molecule has 2 unspecified atom stereocenters. The minimum absolute atomic E-state index is 0.0634. The summed E-state index contributed by atoms with van der Waals surface area (Å²) >= 11 is 0.961. The van der Waals surface area contributed by atoms with Crippen LogP contribution in [0.2, 0.25) is 0 Å². The third-order valence-corrected chi connectivity index (χ3v) is 8.34. The topological polar surface area (TPSA) is 248 Å². The van der Waals surface area contributed by atoms with E-state index in [-0.39, 0.29) is 21.2 Å². The van der Waals surface area contributed by atoms with Crippen LogP contribution in [0.5, 0.6) is 5.75 Å². The van der Waals surface area contributed by atoms with Gasteiger partial charge in [0.2, 0.25) is 0 Å². The summed E-state index contributed by atoms with van der Waals surface area (Å²) in [5.41, 5.74) is 5.06. The highest BCUT2D eigenvalue weighted by molar-refractivity contribution is 7.84. The van der Waals surface area contributed by atoms with E-state index in [4.69, 9.17) is 15.3 Å². The molecule has 0 spiro atoms. The van der Waals surface area contributed by atoms with Gasteiger partial charge in [-0.25, -0.2) is 19.1 Å². The zero-order valence-corrected chi connectivity index (χ0v) is 24.0. The van der Waals surface area contributed by atoms with Crippen molar-refractivity contribution in [2.45, 2.75) is 31.2 Å². The predicted molar refractivity (Wildman–Crippen MR) is 153 cm³/mol. The number of nitrogens with one attached hydrogen (secondary N) is 3. The Kier molecular flexibility index (Phi) is 8.31. The van der Waals surface area contributed by atoms with Crippen LogP contribution in [0.4, 0.5) is 10.9 Å². The number of hydrogen-bond acceptors (Lipinski definition) is 14. The second kappa shape index (κ2) is 12.0.